The first-order chi connectivity index (χ1) is 13.5. The Morgan fingerprint density at radius 2 is 1.96 bits per heavy atom. The summed E-state index contributed by atoms with van der Waals surface area (Å²) in [5, 5.41) is 9.06. The first kappa shape index (κ1) is 21.5. The van der Waals surface area contributed by atoms with Crippen LogP contribution < -0.4 is 14.2 Å². The Bertz CT molecular complexity index is 870. The van der Waals surface area contributed by atoms with Crippen LogP contribution in [0.5, 0.6) is 17.2 Å². The zero-order chi connectivity index (χ0) is 20.5. The Kier molecular flexibility index (Phi) is 8.08. The van der Waals surface area contributed by atoms with Crippen LogP contribution in [0.15, 0.2) is 40.9 Å². The fourth-order valence-electron chi connectivity index (χ4n) is 2.26. The molecule has 0 atom stereocenters. The molecular formula is C20H20BrFN2O4. The third kappa shape index (κ3) is 5.86. The molecule has 0 aliphatic rings. The van der Waals surface area contributed by atoms with Crippen LogP contribution in [0.4, 0.5) is 4.39 Å². The van der Waals surface area contributed by atoms with Gasteiger partial charge in [-0.1, -0.05) is 12.1 Å². The standard InChI is InChI=1S/C20H20BrFN2O4/c1-3-26-18-11-14(12-23)10-15(21)20(18)28-13-19(25)24(2)8-9-27-17-7-5-4-6-16(17)22/h4-7,10-11H,3,8-9,13H2,1-2H3. The van der Waals surface area contributed by atoms with Gasteiger partial charge in [0.25, 0.3) is 5.91 Å². The molecule has 28 heavy (non-hydrogen) atoms. The van der Waals surface area contributed by atoms with E-state index in [-0.39, 0.29) is 31.4 Å². The molecule has 0 N–H and O–H groups in total. The minimum atomic E-state index is -0.450. The monoisotopic (exact) mass is 450 g/mol. The SMILES string of the molecule is CCOc1cc(C#N)cc(Br)c1OCC(=O)N(C)CCOc1ccccc1F. The van der Waals surface area contributed by atoms with E-state index in [0.717, 1.165) is 0 Å². The van der Waals surface area contributed by atoms with Crippen LogP contribution in [0.3, 0.4) is 0 Å². The van der Waals surface area contributed by atoms with Crippen molar-refractivity contribution in [2.45, 2.75) is 6.92 Å². The van der Waals surface area contributed by atoms with Gasteiger partial charge in [0, 0.05) is 13.1 Å². The second kappa shape index (κ2) is 10.5. The summed E-state index contributed by atoms with van der Waals surface area (Å²) in [6.07, 6.45) is 0. The van der Waals surface area contributed by atoms with Gasteiger partial charge in [-0.2, -0.15) is 5.26 Å². The van der Waals surface area contributed by atoms with Crippen molar-refractivity contribution in [1.29, 1.82) is 5.26 Å². The zero-order valence-electron chi connectivity index (χ0n) is 15.6. The molecule has 0 aliphatic carbocycles. The molecule has 148 valence electrons. The lowest BCUT2D eigenvalue weighted by Gasteiger charge is -2.19. The second-order valence-electron chi connectivity index (χ2n) is 5.71. The normalized spacial score (nSPS) is 10.1. The summed E-state index contributed by atoms with van der Waals surface area (Å²) in [5.74, 6) is 0.143. The van der Waals surface area contributed by atoms with E-state index in [1.54, 1.807) is 31.3 Å². The predicted octanol–water partition coefficient (Wildman–Crippen LogP) is 3.77. The quantitative estimate of drug-likeness (QED) is 0.581. The van der Waals surface area contributed by atoms with Crippen LogP contribution in [0, 0.1) is 17.1 Å². The summed E-state index contributed by atoms with van der Waals surface area (Å²) < 4.78 is 30.5. The summed E-state index contributed by atoms with van der Waals surface area (Å²) in [7, 11) is 1.60. The molecule has 0 fully saturated rings. The maximum absolute atomic E-state index is 13.5. The van der Waals surface area contributed by atoms with Crippen molar-refractivity contribution in [3.05, 3.63) is 52.3 Å². The molecular weight excluding hydrogens is 431 g/mol. The fraction of sp³-hybridized carbons (Fsp3) is 0.300. The van der Waals surface area contributed by atoms with Gasteiger partial charge in [-0.3, -0.25) is 4.79 Å². The Balaban J connectivity index is 1.91. The lowest BCUT2D eigenvalue weighted by atomic mass is 10.2. The van der Waals surface area contributed by atoms with E-state index in [2.05, 4.69) is 15.9 Å². The Labute approximate surface area is 171 Å². The lowest BCUT2D eigenvalue weighted by Crippen LogP contribution is -2.34. The molecule has 6 nitrogen and oxygen atoms in total. The molecule has 0 aromatic heterocycles. The van der Waals surface area contributed by atoms with Gasteiger partial charge in [0.1, 0.15) is 6.61 Å². The van der Waals surface area contributed by atoms with Crippen LogP contribution in [-0.4, -0.2) is 44.2 Å². The second-order valence-corrected chi connectivity index (χ2v) is 6.57. The maximum atomic E-state index is 13.5. The number of nitriles is 1. The summed E-state index contributed by atoms with van der Waals surface area (Å²) in [6.45, 7) is 2.39. The van der Waals surface area contributed by atoms with E-state index in [1.807, 2.05) is 13.0 Å². The highest BCUT2D eigenvalue weighted by Crippen LogP contribution is 2.36. The largest absolute Gasteiger partial charge is 0.490 e. The summed E-state index contributed by atoms with van der Waals surface area (Å²) in [4.78, 5) is 13.7. The van der Waals surface area contributed by atoms with Crippen molar-refractivity contribution in [3.8, 4) is 23.3 Å². The van der Waals surface area contributed by atoms with Crippen LogP contribution in [0.2, 0.25) is 0 Å². The zero-order valence-corrected chi connectivity index (χ0v) is 17.2. The highest BCUT2D eigenvalue weighted by atomic mass is 79.9. The summed E-state index contributed by atoms with van der Waals surface area (Å²) >= 11 is 3.33. The number of benzene rings is 2. The molecule has 2 aromatic carbocycles. The maximum Gasteiger partial charge on any atom is 0.260 e. The van der Waals surface area contributed by atoms with Crippen molar-refractivity contribution in [3.63, 3.8) is 0 Å². The van der Waals surface area contributed by atoms with Crippen LogP contribution in [0.25, 0.3) is 0 Å². The number of hydrogen-bond acceptors (Lipinski definition) is 5. The van der Waals surface area contributed by atoms with Gasteiger partial charge in [0.2, 0.25) is 0 Å². The number of para-hydroxylation sites is 1. The average molecular weight is 451 g/mol. The van der Waals surface area contributed by atoms with Crippen LogP contribution >= 0.6 is 15.9 Å². The number of nitrogens with zero attached hydrogens (tertiary/aromatic N) is 2. The van der Waals surface area contributed by atoms with Crippen LogP contribution in [-0.2, 0) is 4.79 Å². The molecule has 0 aliphatic heterocycles. The van der Waals surface area contributed by atoms with Gasteiger partial charge in [-0.05, 0) is 41.1 Å². The number of likely N-dealkylation sites (N-methyl/N-ethyl adjacent to an activating group) is 1. The van der Waals surface area contributed by atoms with E-state index >= 15 is 0 Å². The molecule has 0 saturated heterocycles. The Morgan fingerprint density at radius 1 is 1.21 bits per heavy atom. The van der Waals surface area contributed by atoms with Crippen molar-refractivity contribution < 1.29 is 23.4 Å². The molecule has 0 unspecified atom stereocenters. The first-order valence-corrected chi connectivity index (χ1v) is 9.36. The summed E-state index contributed by atoms with van der Waals surface area (Å²) in [6, 6.07) is 11.3. The fourth-order valence-corrected chi connectivity index (χ4v) is 2.82. The van der Waals surface area contributed by atoms with Crippen molar-refractivity contribution >= 4 is 21.8 Å². The lowest BCUT2D eigenvalue weighted by molar-refractivity contribution is -0.132. The van der Waals surface area contributed by atoms with Gasteiger partial charge in [-0.15, -0.1) is 0 Å². The number of hydrogen-bond donors (Lipinski definition) is 0. The predicted molar refractivity (Wildman–Crippen MR) is 105 cm³/mol. The number of halogens is 2. The van der Waals surface area contributed by atoms with Gasteiger partial charge in [0.05, 0.1) is 29.3 Å². The molecule has 0 bridgehead atoms. The van der Waals surface area contributed by atoms with Crippen molar-refractivity contribution in [2.24, 2.45) is 0 Å². The number of rotatable bonds is 9. The minimum Gasteiger partial charge on any atom is -0.490 e. The van der Waals surface area contributed by atoms with Gasteiger partial charge in [-0.25, -0.2) is 4.39 Å². The van der Waals surface area contributed by atoms with Gasteiger partial charge < -0.3 is 19.1 Å². The van der Waals surface area contributed by atoms with Crippen molar-refractivity contribution in [2.75, 3.05) is 33.4 Å². The van der Waals surface area contributed by atoms with E-state index in [4.69, 9.17) is 19.5 Å². The molecule has 2 rings (SSSR count). The minimum absolute atomic E-state index is 0.141. The van der Waals surface area contributed by atoms with Crippen LogP contribution in [0.1, 0.15) is 12.5 Å². The van der Waals surface area contributed by atoms with Gasteiger partial charge in [0.15, 0.2) is 29.7 Å². The first-order valence-electron chi connectivity index (χ1n) is 8.56. The highest BCUT2D eigenvalue weighted by Gasteiger charge is 2.16. The molecule has 8 heteroatoms. The molecule has 0 spiro atoms. The summed E-state index contributed by atoms with van der Waals surface area (Å²) in [5.41, 5.74) is 0.413. The topological polar surface area (TPSA) is 71.8 Å². The Morgan fingerprint density at radius 3 is 2.64 bits per heavy atom. The van der Waals surface area contributed by atoms with E-state index in [0.29, 0.717) is 28.1 Å². The third-order valence-corrected chi connectivity index (χ3v) is 4.31. The number of carbonyl (C=O) groups excluding carboxylic acids is 1. The van der Waals surface area contributed by atoms with Gasteiger partial charge >= 0.3 is 0 Å². The number of ether oxygens (including phenoxy) is 3. The van der Waals surface area contributed by atoms with E-state index in [9.17, 15) is 9.18 Å². The number of carbonyl (C=O) groups is 1. The van der Waals surface area contributed by atoms with Crippen molar-refractivity contribution in [1.82, 2.24) is 4.90 Å². The number of amides is 1. The molecule has 0 saturated carbocycles. The van der Waals surface area contributed by atoms with E-state index in [1.165, 1.54) is 17.0 Å². The molecule has 0 heterocycles. The molecule has 2 aromatic rings. The smallest absolute Gasteiger partial charge is 0.260 e. The van der Waals surface area contributed by atoms with E-state index < -0.39 is 5.82 Å². The third-order valence-electron chi connectivity index (χ3n) is 3.73. The Hall–Kier alpha value is -2.79. The molecule has 0 radical (unpaired) electrons. The highest BCUT2D eigenvalue weighted by molar-refractivity contribution is 9.10. The average Bonchev–Trinajstić information content (AvgIpc) is 2.68. The molecule has 1 amide bonds.